The minimum absolute atomic E-state index is 0.0593. The van der Waals surface area contributed by atoms with Crippen molar-refractivity contribution in [3.05, 3.63) is 117 Å². The van der Waals surface area contributed by atoms with Crippen molar-refractivity contribution in [3.8, 4) is 57.1 Å². The lowest BCUT2D eigenvalue weighted by Gasteiger charge is -2.39. The number of aliphatic hydroxyl groups is 6. The summed E-state index contributed by atoms with van der Waals surface area (Å²) in [6.07, 6.45) is -10.2. The van der Waals surface area contributed by atoms with Crippen LogP contribution in [0.1, 0.15) is 137 Å². The first-order valence-corrected chi connectivity index (χ1v) is 33.4. The van der Waals surface area contributed by atoms with Crippen LogP contribution in [-0.2, 0) is 38.3 Å². The molecule has 31 heteroatoms. The van der Waals surface area contributed by atoms with Crippen molar-refractivity contribution < 1.29 is 108 Å². The number of aromatic hydroxyl groups is 3. The van der Waals surface area contributed by atoms with Crippen LogP contribution < -0.4 is 51.4 Å². The highest BCUT2D eigenvalue weighted by Gasteiger charge is 2.47. The van der Waals surface area contributed by atoms with Gasteiger partial charge in [0.1, 0.15) is 83.5 Å². The molecule has 0 spiro atoms. The number of ketones is 2. The Bertz CT molecular complexity index is 3900. The number of hydrogen-bond acceptors (Lipinski definition) is 22. The van der Waals surface area contributed by atoms with Crippen LogP contribution >= 0.6 is 23.2 Å². The highest BCUT2D eigenvalue weighted by Crippen LogP contribution is 2.50. The average Bonchev–Trinajstić information content (AvgIpc) is 0.770. The van der Waals surface area contributed by atoms with Crippen molar-refractivity contribution in [2.24, 2.45) is 11.8 Å². The number of carbonyl (C=O) groups is 8. The van der Waals surface area contributed by atoms with Gasteiger partial charge in [0, 0.05) is 48.7 Å². The highest BCUT2D eigenvalue weighted by atomic mass is 35.5. The summed E-state index contributed by atoms with van der Waals surface area (Å²) in [5, 5.41) is 131. The van der Waals surface area contributed by atoms with E-state index < -0.39 is 214 Å². The quantitative estimate of drug-likeness (QED) is 0.0532. The Morgan fingerprint density at radius 2 is 1.31 bits per heavy atom. The van der Waals surface area contributed by atoms with Gasteiger partial charge in [-0.3, -0.25) is 28.8 Å². The number of benzene rings is 5. The maximum atomic E-state index is 16.2. The topological polar surface area (TPSA) is 460 Å². The van der Waals surface area contributed by atoms with Crippen LogP contribution in [-0.4, -0.2) is 174 Å². The van der Waals surface area contributed by atoms with E-state index >= 15 is 19.2 Å². The summed E-state index contributed by atoms with van der Waals surface area (Å²) in [6, 6.07) is 4.20. The first kappa shape index (κ1) is 75.3. The van der Waals surface area contributed by atoms with Gasteiger partial charge in [-0.25, -0.2) is 9.59 Å². The molecule has 5 aromatic rings. The summed E-state index contributed by atoms with van der Waals surface area (Å²) in [6.45, 7) is 4.39. The minimum atomic E-state index is -2.22. The summed E-state index contributed by atoms with van der Waals surface area (Å²) in [4.78, 5) is 119. The molecular weight excluding hydrogens is 1350 g/mol. The van der Waals surface area contributed by atoms with Gasteiger partial charge in [0.15, 0.2) is 29.1 Å². The molecule has 0 aliphatic carbocycles. The number of halogens is 2. The summed E-state index contributed by atoms with van der Waals surface area (Å²) in [5.74, 6) is -16.7. The molecule has 100 heavy (non-hydrogen) atoms. The van der Waals surface area contributed by atoms with Gasteiger partial charge < -0.3 is 107 Å². The van der Waals surface area contributed by atoms with Crippen LogP contribution in [0.25, 0.3) is 11.1 Å². The zero-order chi connectivity index (χ0) is 72.5. The fourth-order valence-corrected chi connectivity index (χ4v) is 12.8. The Kier molecular flexibility index (Phi) is 24.9. The van der Waals surface area contributed by atoms with E-state index in [0.717, 1.165) is 80.6 Å². The zero-order valence-electron chi connectivity index (χ0n) is 54.8. The van der Waals surface area contributed by atoms with Gasteiger partial charge >= 0.3 is 12.0 Å². The number of Topliss-reactive ketones (excluding diaryl/α,β-unsaturated/α-hetero) is 2. The number of fused-ring (bicyclic) bond motifs is 15. The summed E-state index contributed by atoms with van der Waals surface area (Å²) < 4.78 is 25.2. The van der Waals surface area contributed by atoms with Crippen molar-refractivity contribution >= 4 is 70.4 Å². The Morgan fingerprint density at radius 3 is 1.93 bits per heavy atom. The van der Waals surface area contributed by atoms with Crippen LogP contribution in [0.15, 0.2) is 78.9 Å². The fraction of sp³-hybridized carbons (Fsp3) is 0.449. The molecule has 5 unspecified atom stereocenters. The smallest absolute Gasteiger partial charge is 0.330 e. The molecule has 0 radical (unpaired) electrons. The molecule has 11 rings (SSSR count). The molecular formula is C69H81Cl2N7O22. The van der Waals surface area contributed by atoms with Gasteiger partial charge in [0.2, 0.25) is 35.7 Å². The predicted molar refractivity (Wildman–Crippen MR) is 357 cm³/mol. The van der Waals surface area contributed by atoms with Crippen LogP contribution in [0.2, 0.25) is 10.0 Å². The number of likely N-dealkylation sites (N-methyl/N-ethyl adjacent to an activating group) is 1. The van der Waals surface area contributed by atoms with Gasteiger partial charge in [-0.1, -0.05) is 94.3 Å². The predicted octanol–water partition coefficient (Wildman–Crippen LogP) is 4.63. The normalized spacial score (nSPS) is 25.1. The number of rotatable bonds is 18. The largest absolute Gasteiger partial charge is 0.508 e. The van der Waals surface area contributed by atoms with Crippen molar-refractivity contribution in [3.63, 3.8) is 0 Å². The Hall–Kier alpha value is -8.88. The molecule has 6 aliphatic rings. The van der Waals surface area contributed by atoms with Crippen LogP contribution in [0.5, 0.6) is 46.0 Å². The van der Waals surface area contributed by atoms with E-state index in [0.29, 0.717) is 6.42 Å². The molecule has 6 heterocycles. The number of aliphatic hydroxyl groups excluding tert-OH is 6. The Labute approximate surface area is 583 Å². The number of carbonyl (C=O) groups excluding carboxylic acids is 7. The lowest BCUT2D eigenvalue weighted by Crippen LogP contribution is -2.60. The molecule has 11 bridgehead atoms. The SMILES string of the molecule is CCCCCCCCNC(=O)NC[C@@H]1CC(=O)[C@H](NC(=O)[C@@H](CC(C)C)NC)[C@H](O)c2ccc(c(Cl)c2)Oc2cc3cc(c2OC2OC(CO)C(O)C(O)C2O)Oc2ccc(cc2Cl)[C@@H](O)[C@@H]2NC(=O)[C@H](CC(=O)[C@@H]3NC1=O)c1ccc(O)c(c1)-c1c(O)cc(O)cc1[C@@H](C(=O)O)NC2=O. The monoisotopic (exact) mass is 1430 g/mol. The molecule has 1 fully saturated rings. The van der Waals surface area contributed by atoms with Crippen LogP contribution in [0.4, 0.5) is 4.79 Å². The van der Waals surface area contributed by atoms with Crippen molar-refractivity contribution in [2.45, 2.75) is 158 Å². The number of unbranched alkanes of at least 4 members (excludes halogenated alkanes) is 5. The number of urea groups is 1. The van der Waals surface area contributed by atoms with Gasteiger partial charge in [0.25, 0.3) is 0 Å². The van der Waals surface area contributed by atoms with Gasteiger partial charge in [-0.15, -0.1) is 0 Å². The van der Waals surface area contributed by atoms with Gasteiger partial charge in [-0.2, -0.15) is 0 Å². The summed E-state index contributed by atoms with van der Waals surface area (Å²) in [7, 11) is 1.52. The van der Waals surface area contributed by atoms with E-state index in [1.807, 2.05) is 13.8 Å². The highest BCUT2D eigenvalue weighted by molar-refractivity contribution is 6.32. The third-order valence-corrected chi connectivity index (χ3v) is 18.5. The van der Waals surface area contributed by atoms with E-state index in [4.69, 9.17) is 42.1 Å². The van der Waals surface area contributed by atoms with Crippen LogP contribution in [0.3, 0.4) is 0 Å². The average molecular weight is 1430 g/mol. The number of phenols is 3. The number of amides is 6. The van der Waals surface area contributed by atoms with E-state index in [1.54, 1.807) is 0 Å². The van der Waals surface area contributed by atoms with Crippen molar-refractivity contribution in [1.29, 1.82) is 0 Å². The Morgan fingerprint density at radius 1 is 0.670 bits per heavy atom. The van der Waals surface area contributed by atoms with Gasteiger partial charge in [-0.05, 0) is 103 Å². The number of aliphatic carboxylic acids is 1. The summed E-state index contributed by atoms with van der Waals surface area (Å²) in [5.41, 5.74) is -2.27. The lowest BCUT2D eigenvalue weighted by atomic mass is 9.84. The molecule has 6 aliphatic heterocycles. The molecule has 29 nitrogen and oxygen atoms in total. The standard InChI is InChI=1S/C69H81Cl2N7O22/c1-5-6-7-8-9-10-17-73-69(96)74-28-35-22-45(83)55(77-65(92)42(72-4)18-30(2)3)57(85)32-12-15-47(40(70)20-32)97-49-23-34-24-50(62(49)100-68-61(89)60(88)59(87)51(29-79)99-68)98-48-16-13-33(21-41(48)71)58(86)56-66(93)76-54(67(94)95)39-25-36(80)26-44(82)52(39)38-19-31(11-14-43(38)81)37(64(91)78-56)27-46(84)53(34)75-63(35)90/h11-16,19-21,23-26,30,35,37,42,51,53-61,68,72,79-82,85-89H,5-10,17-18,22,27-29H2,1-4H3,(H,75,90)(H,76,93)(H,77,92)(H,78,91)(H,94,95)(H2,73,74,96)/t35-,37+,42+,51?,53+,54-,55-,56-,57+,58+,59?,60?,61?,68?/m0/s1. The lowest BCUT2D eigenvalue weighted by molar-refractivity contribution is -0.277. The first-order valence-electron chi connectivity index (χ1n) is 32.6. The number of nitrogens with one attached hydrogen (secondary N) is 7. The third-order valence-electron chi connectivity index (χ3n) is 17.9. The molecule has 6 amide bonds. The number of carboxylic acid groups (broad SMARTS) is 1. The van der Waals surface area contributed by atoms with E-state index in [1.165, 1.54) is 37.4 Å². The number of phenolic OH excluding ortho intramolecular Hbond substituents is 3. The maximum Gasteiger partial charge on any atom is 0.330 e. The van der Waals surface area contributed by atoms with E-state index in [9.17, 15) is 70.2 Å². The molecule has 0 aromatic heterocycles. The Balaban J connectivity index is 1.29. The minimum Gasteiger partial charge on any atom is -0.508 e. The molecule has 17 N–H and O–H groups in total. The molecule has 1 saturated heterocycles. The van der Waals surface area contributed by atoms with Crippen LogP contribution in [0, 0.1) is 11.8 Å². The third kappa shape index (κ3) is 17.3. The van der Waals surface area contributed by atoms with E-state index in [2.05, 4.69) is 44.1 Å². The zero-order valence-corrected chi connectivity index (χ0v) is 56.3. The maximum absolute atomic E-state index is 16.2. The second kappa shape index (κ2) is 33.1. The molecule has 0 saturated carbocycles. The number of hydrogen-bond donors (Lipinski definition) is 17. The second-order valence-electron chi connectivity index (χ2n) is 25.5. The first-order chi connectivity index (χ1) is 47.6. The molecule has 14 atom stereocenters. The van der Waals surface area contributed by atoms with Crippen molar-refractivity contribution in [2.75, 3.05) is 26.7 Å². The number of ether oxygens (including phenoxy) is 4. The molecule has 538 valence electrons. The van der Waals surface area contributed by atoms with E-state index in [-0.39, 0.29) is 57.7 Å². The number of carboxylic acids is 1. The second-order valence-corrected chi connectivity index (χ2v) is 26.3. The van der Waals surface area contributed by atoms with Gasteiger partial charge in [0.05, 0.1) is 34.5 Å². The summed E-state index contributed by atoms with van der Waals surface area (Å²) >= 11 is 14.0. The fourth-order valence-electron chi connectivity index (χ4n) is 12.4. The van der Waals surface area contributed by atoms with Crippen molar-refractivity contribution in [1.82, 2.24) is 37.2 Å². The molecule has 5 aromatic carbocycles.